The highest BCUT2D eigenvalue weighted by Gasteiger charge is 2.38. The van der Waals surface area contributed by atoms with Crippen molar-refractivity contribution in [2.75, 3.05) is 26.7 Å². The van der Waals surface area contributed by atoms with E-state index in [1.807, 2.05) is 36.4 Å². The molecule has 0 saturated carbocycles. The van der Waals surface area contributed by atoms with Crippen molar-refractivity contribution in [3.8, 4) is 6.07 Å². The molecule has 2 aromatic carbocycles. The summed E-state index contributed by atoms with van der Waals surface area (Å²) in [7, 11) is 1.56. The van der Waals surface area contributed by atoms with E-state index in [1.54, 1.807) is 11.9 Å². The van der Waals surface area contributed by atoms with Crippen molar-refractivity contribution in [1.82, 2.24) is 15.1 Å². The van der Waals surface area contributed by atoms with Gasteiger partial charge in [-0.05, 0) is 87.0 Å². The van der Waals surface area contributed by atoms with Gasteiger partial charge in [0.15, 0.2) is 0 Å². The summed E-state index contributed by atoms with van der Waals surface area (Å²) < 4.78 is 0. The van der Waals surface area contributed by atoms with Crippen molar-refractivity contribution in [2.24, 2.45) is 0 Å². The number of halogens is 1. The van der Waals surface area contributed by atoms with Crippen molar-refractivity contribution >= 4 is 29.7 Å². The number of piperidine rings is 1. The molecule has 8 heteroatoms. The van der Waals surface area contributed by atoms with Crippen LogP contribution in [-0.2, 0) is 28.0 Å². The average Bonchev–Trinajstić information content (AvgIpc) is 3.32. The predicted octanol–water partition coefficient (Wildman–Crippen LogP) is 5.05. The molecule has 4 rings (SSSR count). The first-order chi connectivity index (χ1) is 19.4. The van der Waals surface area contributed by atoms with Gasteiger partial charge < -0.3 is 19.9 Å². The molecular formula is C32H39ClN4O3. The third kappa shape index (κ3) is 6.56. The van der Waals surface area contributed by atoms with Crippen molar-refractivity contribution in [1.29, 1.82) is 5.26 Å². The second-order valence-corrected chi connectivity index (χ2v) is 11.3. The van der Waals surface area contributed by atoms with Gasteiger partial charge >= 0.3 is 0 Å². The van der Waals surface area contributed by atoms with E-state index in [0.29, 0.717) is 23.6 Å². The van der Waals surface area contributed by atoms with Gasteiger partial charge in [-0.2, -0.15) is 5.26 Å². The summed E-state index contributed by atoms with van der Waals surface area (Å²) in [4.78, 5) is 40.6. The number of aldehydes is 1. The fraction of sp³-hybridized carbons (Fsp3) is 0.500. The SMILES string of the molecule is CNC(=O)C(CCC=O)N1Cc2c(CCCCCCN3CCC(C#N)(c4ccccc4Cl)CC3)cccc2C1=O. The number of hydrogen-bond donors (Lipinski definition) is 1. The third-order valence-electron chi connectivity index (χ3n) is 8.56. The number of carbonyl (C=O) groups is 3. The van der Waals surface area contributed by atoms with E-state index in [-0.39, 0.29) is 18.2 Å². The number of benzene rings is 2. The maximum absolute atomic E-state index is 13.1. The smallest absolute Gasteiger partial charge is 0.255 e. The second kappa shape index (κ2) is 13.9. The Hall–Kier alpha value is -3.21. The van der Waals surface area contributed by atoms with Crippen LogP contribution in [0.1, 0.15) is 78.4 Å². The number of aryl methyl sites for hydroxylation is 1. The number of rotatable bonds is 13. The number of amides is 2. The number of hydrogen-bond acceptors (Lipinski definition) is 5. The van der Waals surface area contributed by atoms with E-state index in [2.05, 4.69) is 22.4 Å². The summed E-state index contributed by atoms with van der Waals surface area (Å²) in [5.41, 5.74) is 3.33. The zero-order chi connectivity index (χ0) is 28.5. The quantitative estimate of drug-likeness (QED) is 0.272. The summed E-state index contributed by atoms with van der Waals surface area (Å²) in [5.74, 6) is -0.367. The highest BCUT2D eigenvalue weighted by atomic mass is 35.5. The number of likely N-dealkylation sites (N-methyl/N-ethyl adjacent to an activating group) is 1. The van der Waals surface area contributed by atoms with E-state index in [4.69, 9.17) is 11.6 Å². The molecule has 1 N–H and O–H groups in total. The molecule has 0 spiro atoms. The Morgan fingerprint density at radius 2 is 1.88 bits per heavy atom. The lowest BCUT2D eigenvalue weighted by Gasteiger charge is -2.38. The Labute approximate surface area is 242 Å². The van der Waals surface area contributed by atoms with Crippen LogP contribution in [-0.4, -0.2) is 60.6 Å². The number of nitrogens with zero attached hydrogens (tertiary/aromatic N) is 3. The summed E-state index contributed by atoms with van der Waals surface area (Å²) in [5, 5.41) is 13.3. The fourth-order valence-corrected chi connectivity index (χ4v) is 6.50. The van der Waals surface area contributed by atoms with Crippen LogP contribution in [0.4, 0.5) is 0 Å². The predicted molar refractivity (Wildman–Crippen MR) is 156 cm³/mol. The molecule has 2 aromatic rings. The van der Waals surface area contributed by atoms with Gasteiger partial charge in [-0.25, -0.2) is 0 Å². The van der Waals surface area contributed by atoms with E-state index in [0.717, 1.165) is 82.0 Å². The lowest BCUT2D eigenvalue weighted by atomic mass is 9.74. The lowest BCUT2D eigenvalue weighted by Crippen LogP contribution is -2.46. The molecule has 1 saturated heterocycles. The first-order valence-corrected chi connectivity index (χ1v) is 14.8. The number of unbranched alkanes of at least 4 members (excludes halogenated alkanes) is 3. The third-order valence-corrected chi connectivity index (χ3v) is 8.89. The molecule has 0 radical (unpaired) electrons. The molecule has 0 aliphatic carbocycles. The largest absolute Gasteiger partial charge is 0.357 e. The van der Waals surface area contributed by atoms with E-state index < -0.39 is 11.5 Å². The Bertz CT molecular complexity index is 1250. The van der Waals surface area contributed by atoms with E-state index in [1.165, 1.54) is 5.56 Å². The van der Waals surface area contributed by atoms with Gasteiger partial charge in [0.25, 0.3) is 5.91 Å². The van der Waals surface area contributed by atoms with Gasteiger partial charge in [-0.15, -0.1) is 0 Å². The lowest BCUT2D eigenvalue weighted by molar-refractivity contribution is -0.125. The Kier molecular flexibility index (Phi) is 10.4. The molecule has 0 bridgehead atoms. The molecule has 212 valence electrons. The van der Waals surface area contributed by atoms with Gasteiger partial charge in [0, 0.05) is 30.6 Å². The van der Waals surface area contributed by atoms with Crippen molar-refractivity contribution < 1.29 is 14.4 Å². The summed E-state index contributed by atoms with van der Waals surface area (Å²) >= 11 is 6.42. The molecule has 1 atom stereocenters. The number of carbonyl (C=O) groups excluding carboxylic acids is 3. The highest BCUT2D eigenvalue weighted by molar-refractivity contribution is 6.31. The zero-order valence-electron chi connectivity index (χ0n) is 23.3. The first-order valence-electron chi connectivity index (χ1n) is 14.4. The van der Waals surface area contributed by atoms with Crippen LogP contribution in [0.3, 0.4) is 0 Å². The minimum atomic E-state index is -0.638. The van der Waals surface area contributed by atoms with Crippen LogP contribution in [0.15, 0.2) is 42.5 Å². The van der Waals surface area contributed by atoms with Crippen LogP contribution in [0.5, 0.6) is 0 Å². The summed E-state index contributed by atoms with van der Waals surface area (Å²) in [6.45, 7) is 3.26. The number of nitrogens with one attached hydrogen (secondary N) is 1. The molecule has 1 fully saturated rings. The maximum atomic E-state index is 13.1. The normalized spacial score (nSPS) is 17.2. The first kappa shape index (κ1) is 29.8. The number of fused-ring (bicyclic) bond motifs is 1. The topological polar surface area (TPSA) is 93.5 Å². The molecular weight excluding hydrogens is 524 g/mol. The highest BCUT2D eigenvalue weighted by Crippen LogP contribution is 2.38. The minimum Gasteiger partial charge on any atom is -0.357 e. The Morgan fingerprint density at radius 1 is 1.12 bits per heavy atom. The van der Waals surface area contributed by atoms with Crippen LogP contribution in [0, 0.1) is 11.3 Å². The van der Waals surface area contributed by atoms with Gasteiger partial charge in [0.1, 0.15) is 12.3 Å². The molecule has 40 heavy (non-hydrogen) atoms. The maximum Gasteiger partial charge on any atom is 0.255 e. The van der Waals surface area contributed by atoms with Crippen molar-refractivity contribution in [3.63, 3.8) is 0 Å². The van der Waals surface area contributed by atoms with Crippen LogP contribution in [0.2, 0.25) is 5.02 Å². The van der Waals surface area contributed by atoms with Crippen LogP contribution in [0.25, 0.3) is 0 Å². The summed E-state index contributed by atoms with van der Waals surface area (Å²) in [6.07, 6.45) is 8.27. The van der Waals surface area contributed by atoms with Gasteiger partial charge in [0.2, 0.25) is 5.91 Å². The minimum absolute atomic E-state index is 0.132. The van der Waals surface area contributed by atoms with Gasteiger partial charge in [-0.3, -0.25) is 9.59 Å². The average molecular weight is 563 g/mol. The van der Waals surface area contributed by atoms with Crippen molar-refractivity contribution in [3.05, 3.63) is 69.7 Å². The van der Waals surface area contributed by atoms with Crippen LogP contribution >= 0.6 is 11.6 Å². The molecule has 2 amide bonds. The van der Waals surface area contributed by atoms with E-state index in [9.17, 15) is 19.6 Å². The van der Waals surface area contributed by atoms with Gasteiger partial charge in [-0.1, -0.05) is 54.8 Å². The molecule has 7 nitrogen and oxygen atoms in total. The molecule has 2 aliphatic rings. The van der Waals surface area contributed by atoms with E-state index >= 15 is 0 Å². The number of nitriles is 1. The van der Waals surface area contributed by atoms with Crippen LogP contribution < -0.4 is 5.32 Å². The van der Waals surface area contributed by atoms with Crippen molar-refractivity contribution in [2.45, 2.75) is 75.8 Å². The Balaban J connectivity index is 1.22. The standard InChI is InChI=1S/C32H39ClN4O3/c1-35-30(39)29(15-9-21-38)37-22-26-24(11-8-12-25(26)31(37)40)10-4-2-3-7-18-36-19-16-32(23-34,17-20-36)27-13-5-6-14-28(27)33/h5-6,8,11-14,21,29H,2-4,7,9-10,15-20,22H2,1H3,(H,35,39). The molecule has 1 unspecified atom stereocenters. The Morgan fingerprint density at radius 3 is 2.58 bits per heavy atom. The fourth-order valence-electron chi connectivity index (χ4n) is 6.18. The monoisotopic (exact) mass is 562 g/mol. The molecule has 2 heterocycles. The molecule has 0 aromatic heterocycles. The number of likely N-dealkylation sites (tertiary alicyclic amines) is 1. The second-order valence-electron chi connectivity index (χ2n) is 10.9. The zero-order valence-corrected chi connectivity index (χ0v) is 24.1. The molecule has 2 aliphatic heterocycles. The summed E-state index contributed by atoms with van der Waals surface area (Å²) in [6, 6.07) is 15.5. The van der Waals surface area contributed by atoms with Gasteiger partial charge in [0.05, 0.1) is 11.5 Å².